The number of pyridine rings is 1. The average molecular weight is 339 g/mol. The number of thioether (sulfide) groups is 1. The first-order valence-electron chi connectivity index (χ1n) is 7.78. The molecule has 5 nitrogen and oxygen atoms in total. The molecule has 6 heteroatoms. The summed E-state index contributed by atoms with van der Waals surface area (Å²) < 4.78 is 1.53. The third-order valence-corrected chi connectivity index (χ3v) is 4.81. The fourth-order valence-electron chi connectivity index (χ4n) is 2.32. The van der Waals surface area contributed by atoms with Crippen molar-refractivity contribution in [2.24, 2.45) is 0 Å². The Hall–Kier alpha value is -2.34. The number of nitrogens with two attached hydrogens (primary N) is 1. The van der Waals surface area contributed by atoms with Crippen LogP contribution >= 0.6 is 11.8 Å². The lowest BCUT2D eigenvalue weighted by Gasteiger charge is -2.19. The molecule has 0 aliphatic heterocycles. The molecular formula is C18H21N5S. The highest BCUT2D eigenvalue weighted by Crippen LogP contribution is 2.26. The van der Waals surface area contributed by atoms with E-state index in [9.17, 15) is 0 Å². The van der Waals surface area contributed by atoms with Gasteiger partial charge in [0, 0.05) is 23.7 Å². The molecule has 2 heterocycles. The summed E-state index contributed by atoms with van der Waals surface area (Å²) in [4.78, 5) is 4.00. The van der Waals surface area contributed by atoms with Crippen LogP contribution in [-0.4, -0.2) is 19.9 Å². The molecule has 0 saturated carbocycles. The van der Waals surface area contributed by atoms with Gasteiger partial charge in [-0.3, -0.25) is 4.98 Å². The van der Waals surface area contributed by atoms with Crippen molar-refractivity contribution in [1.82, 2.24) is 19.9 Å². The molecule has 0 radical (unpaired) electrons. The highest BCUT2D eigenvalue weighted by molar-refractivity contribution is 7.98. The SMILES string of the molecule is CC(C)(C)c1ccc(CSc2nnc(-c3ccncc3)n2N)cc1. The van der Waals surface area contributed by atoms with Gasteiger partial charge in [-0.1, -0.05) is 56.8 Å². The summed E-state index contributed by atoms with van der Waals surface area (Å²) in [5.41, 5.74) is 3.64. The van der Waals surface area contributed by atoms with Crippen molar-refractivity contribution in [2.45, 2.75) is 37.1 Å². The molecule has 0 saturated heterocycles. The van der Waals surface area contributed by atoms with Crippen LogP contribution < -0.4 is 5.84 Å². The summed E-state index contributed by atoms with van der Waals surface area (Å²) in [7, 11) is 0. The minimum absolute atomic E-state index is 0.169. The number of rotatable bonds is 4. The van der Waals surface area contributed by atoms with Crippen molar-refractivity contribution in [2.75, 3.05) is 5.84 Å². The maximum atomic E-state index is 6.13. The van der Waals surface area contributed by atoms with Crippen LogP contribution in [0.15, 0.2) is 53.9 Å². The lowest BCUT2D eigenvalue weighted by Crippen LogP contribution is -2.11. The van der Waals surface area contributed by atoms with E-state index in [1.165, 1.54) is 15.8 Å². The molecule has 2 aromatic heterocycles. The fourth-order valence-corrected chi connectivity index (χ4v) is 3.13. The van der Waals surface area contributed by atoms with E-state index in [-0.39, 0.29) is 5.41 Å². The molecule has 0 atom stereocenters. The van der Waals surface area contributed by atoms with Gasteiger partial charge in [0.1, 0.15) is 0 Å². The van der Waals surface area contributed by atoms with E-state index >= 15 is 0 Å². The van der Waals surface area contributed by atoms with Crippen LogP contribution in [0.4, 0.5) is 0 Å². The molecule has 0 amide bonds. The third kappa shape index (κ3) is 3.59. The van der Waals surface area contributed by atoms with Gasteiger partial charge in [-0.15, -0.1) is 10.2 Å². The van der Waals surface area contributed by atoms with Crippen LogP contribution in [0.5, 0.6) is 0 Å². The molecule has 24 heavy (non-hydrogen) atoms. The molecule has 1 aromatic carbocycles. The topological polar surface area (TPSA) is 69.6 Å². The van der Waals surface area contributed by atoms with E-state index < -0.39 is 0 Å². The second-order valence-corrected chi connectivity index (χ2v) is 7.59. The molecule has 0 spiro atoms. The van der Waals surface area contributed by atoms with Crippen LogP contribution in [0.1, 0.15) is 31.9 Å². The van der Waals surface area contributed by atoms with Crippen molar-refractivity contribution in [3.8, 4) is 11.4 Å². The zero-order valence-electron chi connectivity index (χ0n) is 14.1. The molecule has 0 unspecified atom stereocenters. The minimum Gasteiger partial charge on any atom is -0.335 e. The van der Waals surface area contributed by atoms with E-state index in [2.05, 4.69) is 60.2 Å². The summed E-state index contributed by atoms with van der Waals surface area (Å²) in [5, 5.41) is 9.07. The Morgan fingerprint density at radius 2 is 1.67 bits per heavy atom. The van der Waals surface area contributed by atoms with Crippen LogP contribution in [0, 0.1) is 0 Å². The lowest BCUT2D eigenvalue weighted by molar-refractivity contribution is 0.590. The van der Waals surface area contributed by atoms with Crippen molar-refractivity contribution >= 4 is 11.8 Å². The average Bonchev–Trinajstić information content (AvgIpc) is 2.94. The van der Waals surface area contributed by atoms with Crippen molar-refractivity contribution in [3.63, 3.8) is 0 Å². The molecule has 0 aliphatic rings. The van der Waals surface area contributed by atoms with Crippen LogP contribution in [-0.2, 0) is 11.2 Å². The van der Waals surface area contributed by atoms with Crippen LogP contribution in [0.2, 0.25) is 0 Å². The number of hydrogen-bond donors (Lipinski definition) is 1. The van der Waals surface area contributed by atoms with Gasteiger partial charge >= 0.3 is 0 Å². The number of benzene rings is 1. The molecule has 2 N–H and O–H groups in total. The Morgan fingerprint density at radius 3 is 2.29 bits per heavy atom. The van der Waals surface area contributed by atoms with Gasteiger partial charge in [0.05, 0.1) is 0 Å². The largest absolute Gasteiger partial charge is 0.335 e. The molecular weight excluding hydrogens is 318 g/mol. The highest BCUT2D eigenvalue weighted by atomic mass is 32.2. The monoisotopic (exact) mass is 339 g/mol. The van der Waals surface area contributed by atoms with E-state index in [0.29, 0.717) is 11.0 Å². The zero-order chi connectivity index (χ0) is 17.2. The molecule has 0 fully saturated rings. The standard InChI is InChI=1S/C18H21N5S/c1-18(2,3)15-6-4-13(5-7-15)12-24-17-22-21-16(23(17)19)14-8-10-20-11-9-14/h4-11H,12,19H2,1-3H3. The summed E-state index contributed by atoms with van der Waals surface area (Å²) in [5.74, 6) is 7.57. The van der Waals surface area contributed by atoms with E-state index in [0.717, 1.165) is 11.3 Å². The second-order valence-electron chi connectivity index (χ2n) is 6.65. The van der Waals surface area contributed by atoms with E-state index in [1.807, 2.05) is 12.1 Å². The number of nitrogens with zero attached hydrogens (tertiary/aromatic N) is 4. The summed E-state index contributed by atoms with van der Waals surface area (Å²) >= 11 is 1.58. The first-order valence-corrected chi connectivity index (χ1v) is 8.77. The Bertz CT molecular complexity index is 804. The van der Waals surface area contributed by atoms with Crippen LogP contribution in [0.25, 0.3) is 11.4 Å². The third-order valence-electron chi connectivity index (χ3n) is 3.79. The second kappa shape index (κ2) is 6.65. The van der Waals surface area contributed by atoms with Crippen molar-refractivity contribution < 1.29 is 0 Å². The maximum Gasteiger partial charge on any atom is 0.210 e. The van der Waals surface area contributed by atoms with Gasteiger partial charge in [0.2, 0.25) is 5.16 Å². The summed E-state index contributed by atoms with van der Waals surface area (Å²) in [6.45, 7) is 6.65. The van der Waals surface area contributed by atoms with Gasteiger partial charge in [-0.25, -0.2) is 4.68 Å². The predicted molar refractivity (Wildman–Crippen MR) is 98.1 cm³/mol. The smallest absolute Gasteiger partial charge is 0.210 e. The minimum atomic E-state index is 0.169. The number of nitrogen functional groups attached to an aromatic ring is 1. The normalized spacial score (nSPS) is 11.6. The highest BCUT2D eigenvalue weighted by Gasteiger charge is 2.14. The molecule has 3 rings (SSSR count). The summed E-state index contributed by atoms with van der Waals surface area (Å²) in [6, 6.07) is 12.4. The first kappa shape index (κ1) is 16.5. The Morgan fingerprint density at radius 1 is 1.00 bits per heavy atom. The molecule has 3 aromatic rings. The molecule has 124 valence electrons. The van der Waals surface area contributed by atoms with E-state index in [1.54, 1.807) is 24.2 Å². The first-order chi connectivity index (χ1) is 11.4. The Balaban J connectivity index is 1.71. The van der Waals surface area contributed by atoms with Gasteiger partial charge in [0.15, 0.2) is 5.82 Å². The van der Waals surface area contributed by atoms with Crippen molar-refractivity contribution in [1.29, 1.82) is 0 Å². The van der Waals surface area contributed by atoms with Crippen molar-refractivity contribution in [3.05, 3.63) is 59.9 Å². The zero-order valence-corrected chi connectivity index (χ0v) is 14.9. The molecule has 0 aliphatic carbocycles. The van der Waals surface area contributed by atoms with Gasteiger partial charge in [0.25, 0.3) is 0 Å². The predicted octanol–water partition coefficient (Wildman–Crippen LogP) is 3.64. The fraction of sp³-hybridized carbons (Fsp3) is 0.278. The quantitative estimate of drug-likeness (QED) is 0.580. The number of aromatic nitrogens is 4. The van der Waals surface area contributed by atoms with Gasteiger partial charge < -0.3 is 5.84 Å². The Labute approximate surface area is 146 Å². The number of hydrogen-bond acceptors (Lipinski definition) is 5. The van der Waals surface area contributed by atoms with E-state index in [4.69, 9.17) is 5.84 Å². The lowest BCUT2D eigenvalue weighted by atomic mass is 9.87. The van der Waals surface area contributed by atoms with Gasteiger partial charge in [-0.2, -0.15) is 0 Å². The maximum absolute atomic E-state index is 6.13. The van der Waals surface area contributed by atoms with Gasteiger partial charge in [-0.05, 0) is 28.7 Å². The van der Waals surface area contributed by atoms with Crippen LogP contribution in [0.3, 0.4) is 0 Å². The molecule has 0 bridgehead atoms. The Kier molecular flexibility index (Phi) is 4.57. The summed E-state index contributed by atoms with van der Waals surface area (Å²) in [6.07, 6.45) is 3.43.